The van der Waals surface area contributed by atoms with Crippen molar-refractivity contribution in [2.24, 2.45) is 0 Å². The van der Waals surface area contributed by atoms with Crippen LogP contribution in [0.15, 0.2) is 0 Å². The summed E-state index contributed by atoms with van der Waals surface area (Å²) in [5, 5.41) is 5.46. The molecule has 0 aliphatic heterocycles. The molecule has 0 saturated heterocycles. The lowest BCUT2D eigenvalue weighted by Gasteiger charge is -2.12. The maximum absolute atomic E-state index is 11.3. The van der Waals surface area contributed by atoms with Crippen LogP contribution in [0.2, 0.25) is 0 Å². The van der Waals surface area contributed by atoms with Crippen LogP contribution in [0.5, 0.6) is 0 Å². The molecule has 0 aromatic rings. The van der Waals surface area contributed by atoms with Gasteiger partial charge in [-0.15, -0.1) is 0 Å². The third-order valence-corrected chi connectivity index (χ3v) is 2.83. The zero-order valence-electron chi connectivity index (χ0n) is 9.95. The molecule has 0 radical (unpaired) electrons. The van der Waals surface area contributed by atoms with Crippen molar-refractivity contribution < 1.29 is 17.9 Å². The van der Waals surface area contributed by atoms with E-state index in [2.05, 4.69) is 10.6 Å². The first-order valence-electron chi connectivity index (χ1n) is 5.02. The van der Waals surface area contributed by atoms with Crippen LogP contribution in [0.25, 0.3) is 0 Å². The number of rotatable bonds is 8. The average Bonchev–Trinajstić information content (AvgIpc) is 2.09. The molecule has 1 amide bonds. The normalized spacial score (nSPS) is 13.4. The number of hydrogen-bond acceptors (Lipinski definition) is 5. The molecule has 0 rings (SSSR count). The van der Waals surface area contributed by atoms with E-state index in [0.717, 1.165) is 6.26 Å². The molecule has 0 saturated carbocycles. The monoisotopic (exact) mass is 252 g/mol. The molecule has 0 aromatic heterocycles. The van der Waals surface area contributed by atoms with Crippen LogP contribution in [0.3, 0.4) is 0 Å². The van der Waals surface area contributed by atoms with Crippen molar-refractivity contribution in [1.82, 2.24) is 10.6 Å². The second-order valence-electron chi connectivity index (χ2n) is 3.73. The fourth-order valence-electron chi connectivity index (χ4n) is 1.20. The first-order chi connectivity index (χ1) is 7.35. The van der Waals surface area contributed by atoms with Crippen LogP contribution in [-0.2, 0) is 19.4 Å². The third-order valence-electron chi connectivity index (χ3n) is 1.73. The fraction of sp³-hybridized carbons (Fsp3) is 0.889. The minimum Gasteiger partial charge on any atom is -0.383 e. The zero-order valence-corrected chi connectivity index (χ0v) is 10.8. The van der Waals surface area contributed by atoms with Gasteiger partial charge in [0.1, 0.15) is 9.84 Å². The maximum Gasteiger partial charge on any atom is 0.234 e. The molecule has 0 fully saturated rings. The predicted molar refractivity (Wildman–Crippen MR) is 62.1 cm³/mol. The van der Waals surface area contributed by atoms with Gasteiger partial charge in [-0.2, -0.15) is 0 Å². The lowest BCUT2D eigenvalue weighted by Crippen LogP contribution is -2.42. The van der Waals surface area contributed by atoms with Crippen molar-refractivity contribution in [3.05, 3.63) is 0 Å². The van der Waals surface area contributed by atoms with Gasteiger partial charge in [0.05, 0.1) is 18.9 Å². The second kappa shape index (κ2) is 7.59. The van der Waals surface area contributed by atoms with Crippen LogP contribution in [0, 0.1) is 0 Å². The highest BCUT2D eigenvalue weighted by Gasteiger charge is 2.12. The van der Waals surface area contributed by atoms with Crippen molar-refractivity contribution in [3.8, 4) is 0 Å². The van der Waals surface area contributed by atoms with Crippen molar-refractivity contribution >= 4 is 15.7 Å². The van der Waals surface area contributed by atoms with Crippen LogP contribution in [0.4, 0.5) is 0 Å². The van der Waals surface area contributed by atoms with Crippen LogP contribution in [0.1, 0.15) is 6.92 Å². The van der Waals surface area contributed by atoms with E-state index in [0.29, 0.717) is 13.2 Å². The Morgan fingerprint density at radius 1 is 1.44 bits per heavy atom. The highest BCUT2D eigenvalue weighted by Crippen LogP contribution is 1.89. The lowest BCUT2D eigenvalue weighted by atomic mass is 10.4. The summed E-state index contributed by atoms with van der Waals surface area (Å²) in [6.45, 7) is 2.95. The van der Waals surface area contributed by atoms with Gasteiger partial charge >= 0.3 is 0 Å². The zero-order chi connectivity index (χ0) is 12.6. The number of hydrogen-bond donors (Lipinski definition) is 2. The molecule has 0 aliphatic carbocycles. The van der Waals surface area contributed by atoms with Crippen LogP contribution < -0.4 is 10.6 Å². The number of ether oxygens (including phenoxy) is 1. The summed E-state index contributed by atoms with van der Waals surface area (Å²) >= 11 is 0. The second-order valence-corrected chi connectivity index (χ2v) is 5.92. The van der Waals surface area contributed by atoms with Gasteiger partial charge in [0.2, 0.25) is 5.91 Å². The smallest absolute Gasteiger partial charge is 0.234 e. The summed E-state index contributed by atoms with van der Waals surface area (Å²) in [4.78, 5) is 11.3. The lowest BCUT2D eigenvalue weighted by molar-refractivity contribution is -0.120. The van der Waals surface area contributed by atoms with Gasteiger partial charge in [0, 0.05) is 26.0 Å². The van der Waals surface area contributed by atoms with E-state index in [1.165, 1.54) is 0 Å². The Balaban J connectivity index is 3.70. The van der Waals surface area contributed by atoms with Gasteiger partial charge < -0.3 is 15.4 Å². The average molecular weight is 252 g/mol. The van der Waals surface area contributed by atoms with Crippen molar-refractivity contribution in [2.75, 3.05) is 38.8 Å². The van der Waals surface area contributed by atoms with Gasteiger partial charge in [-0.1, -0.05) is 0 Å². The molecule has 0 heterocycles. The summed E-state index contributed by atoms with van der Waals surface area (Å²) in [5.74, 6) is -0.260. The standard InChI is InChI=1S/C9H20N2O4S/c1-8(7-16(3,13)14)11-9(12)6-10-4-5-15-2/h8,10H,4-7H2,1-3H3,(H,11,12). The first-order valence-corrected chi connectivity index (χ1v) is 7.08. The molecular formula is C9H20N2O4S. The van der Waals surface area contributed by atoms with Gasteiger partial charge in [-0.3, -0.25) is 4.79 Å². The number of carbonyl (C=O) groups excluding carboxylic acids is 1. The Morgan fingerprint density at radius 3 is 2.56 bits per heavy atom. The topological polar surface area (TPSA) is 84.5 Å². The van der Waals surface area contributed by atoms with Crippen LogP contribution in [-0.4, -0.2) is 59.2 Å². The largest absolute Gasteiger partial charge is 0.383 e. The SMILES string of the molecule is COCCNCC(=O)NC(C)CS(C)(=O)=O. The number of methoxy groups -OCH3 is 1. The Morgan fingerprint density at radius 2 is 2.06 bits per heavy atom. The molecule has 0 bridgehead atoms. The van der Waals surface area contributed by atoms with Gasteiger partial charge in [-0.25, -0.2) is 8.42 Å². The molecule has 0 spiro atoms. The van der Waals surface area contributed by atoms with Gasteiger partial charge in [0.25, 0.3) is 0 Å². The van der Waals surface area contributed by atoms with E-state index in [1.807, 2.05) is 0 Å². The molecule has 96 valence electrons. The van der Waals surface area contributed by atoms with Crippen molar-refractivity contribution in [2.45, 2.75) is 13.0 Å². The Bertz CT molecular complexity index is 303. The van der Waals surface area contributed by atoms with Crippen molar-refractivity contribution in [1.29, 1.82) is 0 Å². The summed E-state index contributed by atoms with van der Waals surface area (Å²) in [7, 11) is -1.47. The Kier molecular flexibility index (Phi) is 7.27. The minimum atomic E-state index is -3.05. The van der Waals surface area contributed by atoms with E-state index in [1.54, 1.807) is 14.0 Å². The van der Waals surface area contributed by atoms with E-state index in [9.17, 15) is 13.2 Å². The van der Waals surface area contributed by atoms with Crippen molar-refractivity contribution in [3.63, 3.8) is 0 Å². The van der Waals surface area contributed by atoms with E-state index in [4.69, 9.17) is 4.74 Å². The minimum absolute atomic E-state index is 0.0448. The highest BCUT2D eigenvalue weighted by molar-refractivity contribution is 7.90. The quantitative estimate of drug-likeness (QED) is 0.529. The summed E-state index contributed by atoms with van der Waals surface area (Å²) in [6.07, 6.45) is 1.15. The fourth-order valence-corrected chi connectivity index (χ4v) is 2.19. The molecule has 1 atom stereocenters. The molecule has 6 nitrogen and oxygen atoms in total. The molecular weight excluding hydrogens is 232 g/mol. The predicted octanol–water partition coefficient (Wildman–Crippen LogP) is -1.23. The van der Waals surface area contributed by atoms with Crippen LogP contribution >= 0.6 is 0 Å². The Labute approximate surface area is 96.7 Å². The maximum atomic E-state index is 11.3. The highest BCUT2D eigenvalue weighted by atomic mass is 32.2. The first kappa shape index (κ1) is 15.3. The van der Waals surface area contributed by atoms with E-state index in [-0.39, 0.29) is 24.2 Å². The Hall–Kier alpha value is -0.660. The summed E-state index contributed by atoms with van der Waals surface area (Å²) in [6, 6.07) is -0.369. The van der Waals surface area contributed by atoms with Gasteiger partial charge in [0.15, 0.2) is 0 Å². The van der Waals surface area contributed by atoms with E-state index >= 15 is 0 Å². The molecule has 16 heavy (non-hydrogen) atoms. The third kappa shape index (κ3) is 9.88. The number of nitrogens with one attached hydrogen (secondary N) is 2. The molecule has 2 N–H and O–H groups in total. The number of carbonyl (C=O) groups is 1. The molecule has 7 heteroatoms. The molecule has 0 aromatic carbocycles. The number of sulfone groups is 1. The molecule has 1 unspecified atom stereocenters. The van der Waals surface area contributed by atoms with Gasteiger partial charge in [-0.05, 0) is 6.92 Å². The molecule has 0 aliphatic rings. The van der Waals surface area contributed by atoms with E-state index < -0.39 is 9.84 Å². The number of amides is 1. The summed E-state index contributed by atoms with van der Waals surface area (Å²) < 4.78 is 26.7. The summed E-state index contributed by atoms with van der Waals surface area (Å²) in [5.41, 5.74) is 0.